The van der Waals surface area contributed by atoms with Crippen LogP contribution in [0.5, 0.6) is 0 Å². The first-order chi connectivity index (χ1) is 7.91. The average molecular weight is 238 g/mol. The zero-order valence-corrected chi connectivity index (χ0v) is 10.4. The van der Waals surface area contributed by atoms with Crippen molar-refractivity contribution in [2.45, 2.75) is 32.9 Å². The maximum absolute atomic E-state index is 13.0. The van der Waals surface area contributed by atoms with E-state index in [0.29, 0.717) is 0 Å². The van der Waals surface area contributed by atoms with Gasteiger partial charge in [0, 0.05) is 12.0 Å². The van der Waals surface area contributed by atoms with Crippen molar-refractivity contribution in [2.75, 3.05) is 0 Å². The third-order valence-corrected chi connectivity index (χ3v) is 2.91. The predicted octanol–water partition coefficient (Wildman–Crippen LogP) is 1.99. The van der Waals surface area contributed by atoms with E-state index in [2.05, 4.69) is 5.32 Å². The van der Waals surface area contributed by atoms with Crippen LogP contribution in [0, 0.1) is 11.7 Å². The lowest BCUT2D eigenvalue weighted by Gasteiger charge is -2.20. The van der Waals surface area contributed by atoms with E-state index in [1.807, 2.05) is 6.92 Å². The summed E-state index contributed by atoms with van der Waals surface area (Å²) in [5, 5.41) is 2.82. The molecule has 0 aliphatic rings. The van der Waals surface area contributed by atoms with Gasteiger partial charge in [-0.05, 0) is 31.5 Å². The van der Waals surface area contributed by atoms with Gasteiger partial charge < -0.3 is 11.1 Å². The van der Waals surface area contributed by atoms with Crippen LogP contribution in [0.3, 0.4) is 0 Å². The molecule has 0 radical (unpaired) electrons. The van der Waals surface area contributed by atoms with Crippen LogP contribution in [0.2, 0.25) is 0 Å². The molecule has 0 bridgehead atoms. The number of hydrogen-bond donors (Lipinski definition) is 2. The fraction of sp³-hybridized carbons (Fsp3) is 0.462. The Balaban J connectivity index is 2.66. The number of rotatable bonds is 4. The second-order valence-electron chi connectivity index (χ2n) is 4.43. The Labute approximate surface area is 101 Å². The lowest BCUT2D eigenvalue weighted by molar-refractivity contribution is -0.125. The van der Waals surface area contributed by atoms with Crippen molar-refractivity contribution in [1.29, 1.82) is 0 Å². The normalized spacial score (nSPS) is 16.1. The molecule has 1 amide bonds. The lowest BCUT2D eigenvalue weighted by Crippen LogP contribution is -2.39. The summed E-state index contributed by atoms with van der Waals surface area (Å²) in [6.45, 7) is 5.38. The van der Waals surface area contributed by atoms with Gasteiger partial charge in [-0.3, -0.25) is 4.79 Å². The molecule has 3 nitrogen and oxygen atoms in total. The topological polar surface area (TPSA) is 55.1 Å². The number of carbonyl (C=O) groups is 1. The Morgan fingerprint density at radius 3 is 2.53 bits per heavy atom. The quantitative estimate of drug-likeness (QED) is 0.842. The molecule has 0 aliphatic heterocycles. The van der Waals surface area contributed by atoms with Crippen LogP contribution in [-0.4, -0.2) is 11.9 Å². The summed E-state index contributed by atoms with van der Waals surface area (Å²) in [6.07, 6.45) is 0. The highest BCUT2D eigenvalue weighted by Crippen LogP contribution is 2.14. The molecule has 0 aromatic heterocycles. The minimum atomic E-state index is -0.302. The van der Waals surface area contributed by atoms with E-state index in [1.165, 1.54) is 12.1 Å². The maximum Gasteiger partial charge on any atom is 0.224 e. The zero-order valence-electron chi connectivity index (χ0n) is 10.4. The van der Waals surface area contributed by atoms with Crippen molar-refractivity contribution < 1.29 is 9.18 Å². The molecule has 3 N–H and O–H groups in total. The van der Waals surface area contributed by atoms with Gasteiger partial charge in [-0.15, -0.1) is 0 Å². The summed E-state index contributed by atoms with van der Waals surface area (Å²) in [5.74, 6) is -0.674. The number of nitrogens with two attached hydrogens (primary N) is 1. The van der Waals surface area contributed by atoms with Crippen LogP contribution < -0.4 is 11.1 Å². The van der Waals surface area contributed by atoms with E-state index in [-0.39, 0.29) is 29.7 Å². The first-order valence-electron chi connectivity index (χ1n) is 5.73. The SMILES string of the molecule is CC(NC(=O)C(C)C(C)N)c1cccc(F)c1. The Morgan fingerprint density at radius 2 is 2.00 bits per heavy atom. The van der Waals surface area contributed by atoms with E-state index < -0.39 is 0 Å². The molecule has 1 aromatic carbocycles. The van der Waals surface area contributed by atoms with Gasteiger partial charge in [-0.25, -0.2) is 4.39 Å². The van der Waals surface area contributed by atoms with E-state index >= 15 is 0 Å². The van der Waals surface area contributed by atoms with Gasteiger partial charge in [0.1, 0.15) is 5.82 Å². The molecule has 4 heteroatoms. The van der Waals surface area contributed by atoms with E-state index in [4.69, 9.17) is 5.73 Å². The summed E-state index contributed by atoms with van der Waals surface area (Å²) >= 11 is 0. The summed E-state index contributed by atoms with van der Waals surface area (Å²) in [6, 6.07) is 5.78. The molecule has 94 valence electrons. The fourth-order valence-corrected chi connectivity index (χ4v) is 1.44. The number of halogens is 1. The highest BCUT2D eigenvalue weighted by Gasteiger charge is 2.19. The summed E-state index contributed by atoms with van der Waals surface area (Å²) in [5.41, 5.74) is 6.40. The van der Waals surface area contributed by atoms with Gasteiger partial charge in [0.2, 0.25) is 5.91 Å². The fourth-order valence-electron chi connectivity index (χ4n) is 1.44. The number of hydrogen-bond acceptors (Lipinski definition) is 2. The van der Waals surface area contributed by atoms with Gasteiger partial charge in [0.15, 0.2) is 0 Å². The molecule has 0 saturated carbocycles. The minimum absolute atomic E-state index is 0.114. The Kier molecular flexibility index (Phi) is 4.63. The molecule has 3 unspecified atom stereocenters. The Bertz CT molecular complexity index is 393. The van der Waals surface area contributed by atoms with Gasteiger partial charge in [0.05, 0.1) is 6.04 Å². The lowest BCUT2D eigenvalue weighted by atomic mass is 10.0. The standard InChI is InChI=1S/C13H19FN2O/c1-8(9(2)15)13(17)16-10(3)11-5-4-6-12(14)7-11/h4-10H,15H2,1-3H3,(H,16,17). The van der Waals surface area contributed by atoms with Crippen molar-refractivity contribution in [1.82, 2.24) is 5.32 Å². The van der Waals surface area contributed by atoms with Gasteiger partial charge >= 0.3 is 0 Å². The van der Waals surface area contributed by atoms with Crippen LogP contribution in [0.1, 0.15) is 32.4 Å². The second kappa shape index (κ2) is 5.77. The first kappa shape index (κ1) is 13.6. The van der Waals surface area contributed by atoms with Crippen LogP contribution >= 0.6 is 0 Å². The molecule has 0 heterocycles. The minimum Gasteiger partial charge on any atom is -0.349 e. The van der Waals surface area contributed by atoms with Gasteiger partial charge in [-0.1, -0.05) is 19.1 Å². The molecule has 0 saturated heterocycles. The van der Waals surface area contributed by atoms with Crippen molar-refractivity contribution in [2.24, 2.45) is 11.7 Å². The summed E-state index contributed by atoms with van der Waals surface area (Å²) in [7, 11) is 0. The molecule has 0 spiro atoms. The predicted molar refractivity (Wildman–Crippen MR) is 65.8 cm³/mol. The monoisotopic (exact) mass is 238 g/mol. The third kappa shape index (κ3) is 3.82. The summed E-state index contributed by atoms with van der Waals surface area (Å²) < 4.78 is 13.0. The van der Waals surface area contributed by atoms with Crippen LogP contribution in [0.15, 0.2) is 24.3 Å². The molecule has 17 heavy (non-hydrogen) atoms. The van der Waals surface area contributed by atoms with Crippen LogP contribution in [-0.2, 0) is 4.79 Å². The molecular formula is C13H19FN2O. The molecule has 1 aromatic rings. The molecule has 3 atom stereocenters. The number of nitrogens with one attached hydrogen (secondary N) is 1. The van der Waals surface area contributed by atoms with Gasteiger partial charge in [0.25, 0.3) is 0 Å². The average Bonchev–Trinajstić information content (AvgIpc) is 2.27. The highest BCUT2D eigenvalue weighted by atomic mass is 19.1. The highest BCUT2D eigenvalue weighted by molar-refractivity contribution is 5.79. The Hall–Kier alpha value is -1.42. The molecule has 0 aliphatic carbocycles. The maximum atomic E-state index is 13.0. The van der Waals surface area contributed by atoms with Crippen LogP contribution in [0.25, 0.3) is 0 Å². The van der Waals surface area contributed by atoms with E-state index in [9.17, 15) is 9.18 Å². The largest absolute Gasteiger partial charge is 0.349 e. The van der Waals surface area contributed by atoms with Crippen molar-refractivity contribution in [3.63, 3.8) is 0 Å². The summed E-state index contributed by atoms with van der Waals surface area (Å²) in [4.78, 5) is 11.8. The number of carbonyl (C=O) groups excluding carboxylic acids is 1. The first-order valence-corrected chi connectivity index (χ1v) is 5.73. The molecule has 1 rings (SSSR count). The smallest absolute Gasteiger partial charge is 0.224 e. The number of amides is 1. The second-order valence-corrected chi connectivity index (χ2v) is 4.43. The molecular weight excluding hydrogens is 219 g/mol. The zero-order chi connectivity index (χ0) is 13.0. The van der Waals surface area contributed by atoms with E-state index in [0.717, 1.165) is 5.56 Å². The molecule has 0 fully saturated rings. The van der Waals surface area contributed by atoms with Crippen molar-refractivity contribution >= 4 is 5.91 Å². The van der Waals surface area contributed by atoms with Crippen LogP contribution in [0.4, 0.5) is 4.39 Å². The third-order valence-electron chi connectivity index (χ3n) is 2.91. The van der Waals surface area contributed by atoms with E-state index in [1.54, 1.807) is 26.0 Å². The van der Waals surface area contributed by atoms with Gasteiger partial charge in [-0.2, -0.15) is 0 Å². The van der Waals surface area contributed by atoms with Crippen molar-refractivity contribution in [3.8, 4) is 0 Å². The number of benzene rings is 1. The van der Waals surface area contributed by atoms with Crippen molar-refractivity contribution in [3.05, 3.63) is 35.6 Å². The Morgan fingerprint density at radius 1 is 1.35 bits per heavy atom.